The van der Waals surface area contributed by atoms with Crippen molar-refractivity contribution in [2.75, 3.05) is 23.8 Å². The lowest BCUT2D eigenvalue weighted by Crippen LogP contribution is -2.22. The fourth-order valence-corrected chi connectivity index (χ4v) is 6.93. The summed E-state index contributed by atoms with van der Waals surface area (Å²) < 4.78 is 10.5. The summed E-state index contributed by atoms with van der Waals surface area (Å²) >= 11 is 2.88. The first-order valence-corrected chi connectivity index (χ1v) is 12.9. The molecule has 9 heteroatoms. The largest absolute Gasteiger partial charge is 0.462 e. The number of fused-ring (bicyclic) bond motifs is 2. The van der Waals surface area contributed by atoms with E-state index in [4.69, 9.17) is 9.47 Å². The summed E-state index contributed by atoms with van der Waals surface area (Å²) in [4.78, 5) is 40.5. The third-order valence-electron chi connectivity index (χ3n) is 5.76. The number of amides is 2. The van der Waals surface area contributed by atoms with Crippen LogP contribution < -0.4 is 10.6 Å². The molecule has 2 aliphatic carbocycles. The molecule has 2 aromatic rings. The van der Waals surface area contributed by atoms with Crippen molar-refractivity contribution in [1.82, 2.24) is 0 Å². The number of ether oxygens (including phenoxy) is 2. The van der Waals surface area contributed by atoms with Crippen LogP contribution in [-0.4, -0.2) is 31.2 Å². The van der Waals surface area contributed by atoms with Crippen molar-refractivity contribution in [3.05, 3.63) is 32.0 Å². The maximum absolute atomic E-state index is 13.0. The SMILES string of the molecule is CCOC(=O)c1c(NC(=O)Nc2sc3c(c2C(=O)OCC)CCCC3)sc2c1CCCC2. The molecule has 32 heavy (non-hydrogen) atoms. The number of anilines is 2. The lowest BCUT2D eigenvalue weighted by atomic mass is 9.95. The summed E-state index contributed by atoms with van der Waals surface area (Å²) in [5, 5.41) is 6.73. The number of aryl methyl sites for hydroxylation is 2. The molecule has 172 valence electrons. The van der Waals surface area contributed by atoms with Gasteiger partial charge < -0.3 is 9.47 Å². The molecule has 0 saturated heterocycles. The van der Waals surface area contributed by atoms with Crippen LogP contribution in [0.2, 0.25) is 0 Å². The number of nitrogens with one attached hydrogen (secondary N) is 2. The average Bonchev–Trinajstić information content (AvgIpc) is 3.31. The van der Waals surface area contributed by atoms with Gasteiger partial charge in [0.25, 0.3) is 0 Å². The highest BCUT2D eigenvalue weighted by Crippen LogP contribution is 2.40. The molecule has 4 rings (SSSR count). The Balaban J connectivity index is 1.60. The van der Waals surface area contributed by atoms with Crippen molar-refractivity contribution in [3.8, 4) is 0 Å². The van der Waals surface area contributed by atoms with Gasteiger partial charge >= 0.3 is 18.0 Å². The smallest absolute Gasteiger partial charge is 0.341 e. The number of carbonyl (C=O) groups excluding carboxylic acids is 3. The number of hydrogen-bond donors (Lipinski definition) is 2. The average molecular weight is 477 g/mol. The van der Waals surface area contributed by atoms with Crippen LogP contribution in [0.5, 0.6) is 0 Å². The summed E-state index contributed by atoms with van der Waals surface area (Å²) in [6.07, 6.45) is 7.62. The molecule has 2 aliphatic rings. The lowest BCUT2D eigenvalue weighted by molar-refractivity contribution is 0.0517. The summed E-state index contributed by atoms with van der Waals surface area (Å²) in [6.45, 7) is 4.09. The van der Waals surface area contributed by atoms with Gasteiger partial charge in [0.05, 0.1) is 24.3 Å². The van der Waals surface area contributed by atoms with Gasteiger partial charge in [0, 0.05) is 9.75 Å². The van der Waals surface area contributed by atoms with Gasteiger partial charge in [-0.2, -0.15) is 0 Å². The van der Waals surface area contributed by atoms with Crippen molar-refractivity contribution >= 4 is 50.6 Å². The van der Waals surface area contributed by atoms with E-state index in [9.17, 15) is 14.4 Å². The second-order valence-electron chi connectivity index (χ2n) is 7.85. The Morgan fingerprint density at radius 2 is 1.12 bits per heavy atom. The van der Waals surface area contributed by atoms with E-state index in [0.717, 1.165) is 72.2 Å². The van der Waals surface area contributed by atoms with Gasteiger partial charge in [0.1, 0.15) is 10.0 Å². The lowest BCUT2D eigenvalue weighted by Gasteiger charge is -2.13. The molecule has 0 bridgehead atoms. The monoisotopic (exact) mass is 476 g/mol. The standard InChI is InChI=1S/C23H28N2O5S2/c1-3-29-21(26)17-13-9-5-7-11-15(13)31-19(17)24-23(28)25-20-18(22(27)30-4-2)14-10-6-8-12-16(14)32-20/h3-12H2,1-2H3,(H2,24,25,28). The molecule has 2 heterocycles. The molecule has 7 nitrogen and oxygen atoms in total. The molecule has 2 aromatic heterocycles. The Kier molecular flexibility index (Phi) is 7.15. The Hall–Kier alpha value is -2.39. The minimum absolute atomic E-state index is 0.277. The van der Waals surface area contributed by atoms with E-state index >= 15 is 0 Å². The topological polar surface area (TPSA) is 93.7 Å². The van der Waals surface area contributed by atoms with Gasteiger partial charge in [-0.3, -0.25) is 10.6 Å². The predicted octanol–water partition coefficient (Wildman–Crippen LogP) is 5.56. The second-order valence-corrected chi connectivity index (χ2v) is 10.1. The number of hydrogen-bond acceptors (Lipinski definition) is 7. The Morgan fingerprint density at radius 3 is 1.53 bits per heavy atom. The van der Waals surface area contributed by atoms with Gasteiger partial charge in [-0.15, -0.1) is 22.7 Å². The zero-order chi connectivity index (χ0) is 22.7. The Morgan fingerprint density at radius 1 is 0.719 bits per heavy atom. The summed E-state index contributed by atoms with van der Waals surface area (Å²) in [5.41, 5.74) is 2.93. The fourth-order valence-electron chi connectivity index (χ4n) is 4.38. The first-order valence-electron chi connectivity index (χ1n) is 11.2. The molecule has 0 aromatic carbocycles. The normalized spacial score (nSPS) is 14.8. The fraction of sp³-hybridized carbons (Fsp3) is 0.522. The van der Waals surface area contributed by atoms with E-state index in [1.807, 2.05) is 0 Å². The number of esters is 2. The molecule has 0 radical (unpaired) electrons. The molecule has 0 spiro atoms. The van der Waals surface area contributed by atoms with Crippen molar-refractivity contribution in [3.63, 3.8) is 0 Å². The highest BCUT2D eigenvalue weighted by molar-refractivity contribution is 7.17. The molecule has 0 saturated carbocycles. The third kappa shape index (κ3) is 4.54. The van der Waals surface area contributed by atoms with Crippen LogP contribution in [0.15, 0.2) is 0 Å². The number of rotatable bonds is 6. The highest BCUT2D eigenvalue weighted by Gasteiger charge is 2.29. The molecular weight excluding hydrogens is 448 g/mol. The molecule has 0 atom stereocenters. The Bertz CT molecular complexity index is 960. The first kappa shape index (κ1) is 22.8. The number of thiophene rings is 2. The zero-order valence-corrected chi connectivity index (χ0v) is 20.1. The van der Waals surface area contributed by atoms with Crippen LogP contribution in [0.25, 0.3) is 0 Å². The van der Waals surface area contributed by atoms with E-state index in [1.165, 1.54) is 22.7 Å². The minimum Gasteiger partial charge on any atom is -0.462 e. The molecular formula is C23H28N2O5S2. The predicted molar refractivity (Wildman–Crippen MR) is 126 cm³/mol. The van der Waals surface area contributed by atoms with Gasteiger partial charge in [-0.05, 0) is 76.3 Å². The number of carbonyl (C=O) groups is 3. The van der Waals surface area contributed by atoms with Crippen LogP contribution >= 0.6 is 22.7 Å². The molecule has 2 N–H and O–H groups in total. The minimum atomic E-state index is -0.474. The quantitative estimate of drug-likeness (QED) is 0.532. The maximum atomic E-state index is 13.0. The van der Waals surface area contributed by atoms with Gasteiger partial charge in [0.2, 0.25) is 0 Å². The van der Waals surface area contributed by atoms with Crippen LogP contribution in [0.3, 0.4) is 0 Å². The molecule has 0 aliphatic heterocycles. The van der Waals surface area contributed by atoms with Crippen LogP contribution in [-0.2, 0) is 35.2 Å². The molecule has 2 amide bonds. The van der Waals surface area contributed by atoms with Gasteiger partial charge in [-0.25, -0.2) is 14.4 Å². The maximum Gasteiger partial charge on any atom is 0.341 e. The van der Waals surface area contributed by atoms with Crippen LogP contribution in [0, 0.1) is 0 Å². The summed E-state index contributed by atoms with van der Waals surface area (Å²) in [5.74, 6) is -0.804. The molecule has 0 fully saturated rings. The zero-order valence-electron chi connectivity index (χ0n) is 18.4. The highest BCUT2D eigenvalue weighted by atomic mass is 32.1. The third-order valence-corrected chi connectivity index (χ3v) is 8.17. The molecule has 0 unspecified atom stereocenters. The number of urea groups is 1. The Labute approximate surface area is 195 Å². The van der Waals surface area contributed by atoms with Crippen molar-refractivity contribution < 1.29 is 23.9 Å². The van der Waals surface area contributed by atoms with Crippen LogP contribution in [0.1, 0.15) is 81.1 Å². The second kappa shape index (κ2) is 10.0. The van der Waals surface area contributed by atoms with E-state index in [-0.39, 0.29) is 13.2 Å². The van der Waals surface area contributed by atoms with Crippen molar-refractivity contribution in [2.24, 2.45) is 0 Å². The van der Waals surface area contributed by atoms with Crippen molar-refractivity contribution in [1.29, 1.82) is 0 Å². The van der Waals surface area contributed by atoms with E-state index < -0.39 is 18.0 Å². The van der Waals surface area contributed by atoms with Gasteiger partial charge in [0.15, 0.2) is 0 Å². The summed E-state index contributed by atoms with van der Waals surface area (Å²) in [7, 11) is 0. The first-order chi connectivity index (χ1) is 15.5. The summed E-state index contributed by atoms with van der Waals surface area (Å²) in [6, 6.07) is -0.474. The van der Waals surface area contributed by atoms with Crippen molar-refractivity contribution in [2.45, 2.75) is 65.2 Å². The van der Waals surface area contributed by atoms with Gasteiger partial charge in [-0.1, -0.05) is 0 Å². The van der Waals surface area contributed by atoms with E-state index in [1.54, 1.807) is 13.8 Å². The van der Waals surface area contributed by atoms with E-state index in [2.05, 4.69) is 10.6 Å². The van der Waals surface area contributed by atoms with E-state index in [0.29, 0.717) is 21.1 Å². The van der Waals surface area contributed by atoms with Crippen LogP contribution in [0.4, 0.5) is 14.8 Å².